The number of thiazole rings is 1. The highest BCUT2D eigenvalue weighted by Crippen LogP contribution is 2.26. The van der Waals surface area contributed by atoms with Crippen LogP contribution in [-0.2, 0) is 9.53 Å². The van der Waals surface area contributed by atoms with Crippen LogP contribution in [0.3, 0.4) is 0 Å². The van der Waals surface area contributed by atoms with Crippen molar-refractivity contribution in [3.63, 3.8) is 0 Å². The lowest BCUT2D eigenvalue weighted by Crippen LogP contribution is -2.38. The Morgan fingerprint density at radius 3 is 2.68 bits per heavy atom. The zero-order valence-electron chi connectivity index (χ0n) is 17.5. The molecule has 1 aliphatic rings. The Labute approximate surface area is 188 Å². The van der Waals surface area contributed by atoms with Crippen LogP contribution < -0.4 is 14.9 Å². The van der Waals surface area contributed by atoms with Crippen LogP contribution in [0.25, 0.3) is 12.2 Å². The van der Waals surface area contributed by atoms with Crippen LogP contribution in [0.4, 0.5) is 0 Å². The number of ether oxygens (including phenoxy) is 1. The molecule has 7 heteroatoms. The number of thiophene rings is 1. The van der Waals surface area contributed by atoms with Gasteiger partial charge in [0, 0.05) is 4.88 Å². The molecule has 0 N–H and O–H groups in total. The molecule has 0 aliphatic carbocycles. The standard InChI is InChI=1S/C24H22N2O3S2/c1-4-29-23(28)21-16(3)25-24-26(18(21)11-10-17-8-6-5-7-9-17)22(27)20(31-24)14-19-15(2)12-13-30-19/h5-14,18H,4H2,1-3H3/b11-10+,20-14+. The molecule has 0 spiro atoms. The number of fused-ring (bicyclic) bond motifs is 1. The quantitative estimate of drug-likeness (QED) is 0.555. The minimum atomic E-state index is -0.581. The van der Waals surface area contributed by atoms with E-state index in [0.29, 0.717) is 20.6 Å². The number of aryl methyl sites for hydroxylation is 1. The van der Waals surface area contributed by atoms with Crippen molar-refractivity contribution in [2.45, 2.75) is 26.8 Å². The molecule has 0 saturated heterocycles. The summed E-state index contributed by atoms with van der Waals surface area (Å²) in [4.78, 5) is 32.4. The van der Waals surface area contributed by atoms with Crippen molar-refractivity contribution in [3.8, 4) is 0 Å². The number of allylic oxidation sites excluding steroid dienone is 2. The largest absolute Gasteiger partial charge is 0.463 e. The lowest BCUT2D eigenvalue weighted by Gasteiger charge is -2.21. The fourth-order valence-corrected chi connectivity index (χ4v) is 5.40. The third-order valence-electron chi connectivity index (χ3n) is 4.99. The third kappa shape index (κ3) is 4.24. The van der Waals surface area contributed by atoms with Gasteiger partial charge in [0.15, 0.2) is 4.80 Å². The molecule has 1 aromatic carbocycles. The summed E-state index contributed by atoms with van der Waals surface area (Å²) < 4.78 is 7.48. The van der Waals surface area contributed by atoms with Crippen molar-refractivity contribution < 1.29 is 9.53 Å². The molecular formula is C24H22N2O3S2. The van der Waals surface area contributed by atoms with Gasteiger partial charge < -0.3 is 4.74 Å². The minimum Gasteiger partial charge on any atom is -0.463 e. The van der Waals surface area contributed by atoms with E-state index >= 15 is 0 Å². The first-order chi connectivity index (χ1) is 15.0. The summed E-state index contributed by atoms with van der Waals surface area (Å²) in [6.45, 7) is 5.83. The molecule has 31 heavy (non-hydrogen) atoms. The second-order valence-electron chi connectivity index (χ2n) is 7.08. The molecule has 0 radical (unpaired) electrons. The maximum absolute atomic E-state index is 13.4. The number of benzene rings is 1. The normalized spacial score (nSPS) is 16.5. The molecule has 3 aromatic rings. The Kier molecular flexibility index (Phi) is 6.15. The van der Waals surface area contributed by atoms with Gasteiger partial charge in [-0.25, -0.2) is 9.79 Å². The van der Waals surface area contributed by atoms with Crippen LogP contribution in [0.5, 0.6) is 0 Å². The molecule has 4 rings (SSSR count). The SMILES string of the molecule is CCOC(=O)C1=C(C)N=c2s/c(=C/c3sccc3C)c(=O)n2C1/C=C/c1ccccc1. The van der Waals surface area contributed by atoms with Crippen LogP contribution in [0.2, 0.25) is 0 Å². The van der Waals surface area contributed by atoms with Crippen molar-refractivity contribution in [2.24, 2.45) is 4.99 Å². The van der Waals surface area contributed by atoms with Gasteiger partial charge in [0.05, 0.1) is 28.5 Å². The smallest absolute Gasteiger partial charge is 0.338 e. The fraction of sp³-hybridized carbons (Fsp3) is 0.208. The summed E-state index contributed by atoms with van der Waals surface area (Å²) in [5.74, 6) is -0.449. The van der Waals surface area contributed by atoms with Gasteiger partial charge in [0.2, 0.25) is 0 Å². The van der Waals surface area contributed by atoms with Gasteiger partial charge >= 0.3 is 5.97 Å². The number of nitrogens with zero attached hydrogens (tertiary/aromatic N) is 2. The van der Waals surface area contributed by atoms with E-state index in [-0.39, 0.29) is 12.2 Å². The van der Waals surface area contributed by atoms with Gasteiger partial charge in [0.25, 0.3) is 5.56 Å². The number of hydrogen-bond donors (Lipinski definition) is 0. The highest BCUT2D eigenvalue weighted by molar-refractivity contribution is 7.11. The average Bonchev–Trinajstić information content (AvgIpc) is 3.29. The molecule has 1 unspecified atom stereocenters. The van der Waals surface area contributed by atoms with Gasteiger partial charge in [0.1, 0.15) is 0 Å². The van der Waals surface area contributed by atoms with Crippen LogP contribution in [0, 0.1) is 6.92 Å². The molecular weight excluding hydrogens is 428 g/mol. The van der Waals surface area contributed by atoms with Gasteiger partial charge in [-0.05, 0) is 49.4 Å². The number of aromatic nitrogens is 1. The van der Waals surface area contributed by atoms with Crippen molar-refractivity contribution in [1.29, 1.82) is 0 Å². The van der Waals surface area contributed by atoms with E-state index in [4.69, 9.17) is 4.74 Å². The van der Waals surface area contributed by atoms with Gasteiger partial charge in [-0.1, -0.05) is 53.8 Å². The monoisotopic (exact) mass is 450 g/mol. The first kappa shape index (κ1) is 21.2. The summed E-state index contributed by atoms with van der Waals surface area (Å²) in [5.41, 5.74) is 2.91. The minimum absolute atomic E-state index is 0.159. The van der Waals surface area contributed by atoms with Crippen molar-refractivity contribution >= 4 is 40.8 Å². The Morgan fingerprint density at radius 1 is 1.23 bits per heavy atom. The molecule has 5 nitrogen and oxygen atoms in total. The summed E-state index contributed by atoms with van der Waals surface area (Å²) in [6.07, 6.45) is 5.70. The lowest BCUT2D eigenvalue weighted by molar-refractivity contribution is -0.139. The zero-order valence-corrected chi connectivity index (χ0v) is 19.1. The van der Waals surface area contributed by atoms with E-state index in [9.17, 15) is 9.59 Å². The third-order valence-corrected chi connectivity index (χ3v) is 6.94. The molecule has 1 atom stereocenters. The van der Waals surface area contributed by atoms with Gasteiger partial charge in [-0.15, -0.1) is 11.3 Å². The maximum Gasteiger partial charge on any atom is 0.338 e. The van der Waals surface area contributed by atoms with E-state index in [1.54, 1.807) is 29.8 Å². The Hall–Kier alpha value is -3.03. The maximum atomic E-state index is 13.4. The molecule has 0 fully saturated rings. The Morgan fingerprint density at radius 2 is 2.00 bits per heavy atom. The molecule has 0 saturated carbocycles. The molecule has 0 bridgehead atoms. The predicted molar refractivity (Wildman–Crippen MR) is 126 cm³/mol. The lowest BCUT2D eigenvalue weighted by atomic mass is 10.0. The summed E-state index contributed by atoms with van der Waals surface area (Å²) in [6, 6.07) is 11.2. The molecule has 0 amide bonds. The van der Waals surface area contributed by atoms with Crippen molar-refractivity contribution in [1.82, 2.24) is 4.57 Å². The number of carbonyl (C=O) groups is 1. The fourth-order valence-electron chi connectivity index (χ4n) is 3.43. The molecule has 1 aliphatic heterocycles. The molecule has 3 heterocycles. The van der Waals surface area contributed by atoms with Crippen molar-refractivity contribution in [3.05, 3.63) is 94.8 Å². The van der Waals surface area contributed by atoms with E-state index < -0.39 is 12.0 Å². The Balaban J connectivity index is 1.89. The van der Waals surface area contributed by atoms with E-state index in [2.05, 4.69) is 4.99 Å². The number of rotatable bonds is 5. The topological polar surface area (TPSA) is 60.7 Å². The Bertz CT molecular complexity index is 1360. The number of esters is 1. The number of hydrogen-bond acceptors (Lipinski definition) is 6. The highest BCUT2D eigenvalue weighted by atomic mass is 32.1. The van der Waals surface area contributed by atoms with Crippen LogP contribution in [0.1, 0.15) is 35.9 Å². The highest BCUT2D eigenvalue weighted by Gasteiger charge is 2.30. The van der Waals surface area contributed by atoms with Crippen molar-refractivity contribution in [2.75, 3.05) is 6.61 Å². The van der Waals surface area contributed by atoms with E-state index in [1.807, 2.05) is 66.9 Å². The van der Waals surface area contributed by atoms with E-state index in [1.165, 1.54) is 11.3 Å². The van der Waals surface area contributed by atoms with E-state index in [0.717, 1.165) is 16.0 Å². The van der Waals surface area contributed by atoms with Crippen LogP contribution in [-0.4, -0.2) is 17.1 Å². The first-order valence-electron chi connectivity index (χ1n) is 9.96. The molecule has 158 valence electrons. The van der Waals surface area contributed by atoms with Crippen LogP contribution in [0.15, 0.2) is 68.9 Å². The second-order valence-corrected chi connectivity index (χ2v) is 9.04. The number of carbonyl (C=O) groups excluding carboxylic acids is 1. The summed E-state index contributed by atoms with van der Waals surface area (Å²) in [5, 5.41) is 2.01. The van der Waals surface area contributed by atoms with Gasteiger partial charge in [-0.2, -0.15) is 0 Å². The summed E-state index contributed by atoms with van der Waals surface area (Å²) >= 11 is 2.93. The summed E-state index contributed by atoms with van der Waals surface area (Å²) in [7, 11) is 0. The first-order valence-corrected chi connectivity index (χ1v) is 11.7. The van der Waals surface area contributed by atoms with Crippen LogP contribution >= 0.6 is 22.7 Å². The molecule has 2 aromatic heterocycles. The predicted octanol–water partition coefficient (Wildman–Crippen LogP) is 3.83. The average molecular weight is 451 g/mol. The van der Waals surface area contributed by atoms with Gasteiger partial charge in [-0.3, -0.25) is 9.36 Å². The second kappa shape index (κ2) is 8.99. The zero-order chi connectivity index (χ0) is 22.0.